The van der Waals surface area contributed by atoms with Crippen molar-refractivity contribution in [1.29, 1.82) is 0 Å². The molecule has 10 heteroatoms. The summed E-state index contributed by atoms with van der Waals surface area (Å²) in [4.78, 5) is 20.6. The van der Waals surface area contributed by atoms with Crippen LogP contribution in [0.3, 0.4) is 0 Å². The minimum Gasteiger partial charge on any atom is -0.586 e. The quantitative estimate of drug-likeness (QED) is 0.219. The molecule has 34 heavy (non-hydrogen) atoms. The maximum absolute atomic E-state index is 13.0. The predicted molar refractivity (Wildman–Crippen MR) is 132 cm³/mol. The third kappa shape index (κ3) is 3.89. The second-order valence-electron chi connectivity index (χ2n) is 7.87. The number of hydrogen-bond donors (Lipinski definition) is 1. The molecule has 1 atom stereocenters. The Morgan fingerprint density at radius 2 is 1.79 bits per heavy atom. The second kappa shape index (κ2) is 8.65. The number of H-pyrrole nitrogens is 1. The molecule has 170 valence electrons. The van der Waals surface area contributed by atoms with Crippen LogP contribution in [-0.4, -0.2) is 42.7 Å². The van der Waals surface area contributed by atoms with Gasteiger partial charge in [0.05, 0.1) is 17.3 Å². The van der Waals surface area contributed by atoms with Gasteiger partial charge in [-0.25, -0.2) is 4.98 Å². The molecule has 1 unspecified atom stereocenters. The molecule has 0 aliphatic rings. The SMILES string of the molecule is CN(C)c1ccc(-c2cnc3[nH]cc(-c4cnn([S+]([O-])c5ccccc5[N+](=O)[O-])c4)c3c2)cc1. The summed E-state index contributed by atoms with van der Waals surface area (Å²) < 4.78 is 14.2. The monoisotopic (exact) mass is 472 g/mol. The van der Waals surface area contributed by atoms with Gasteiger partial charge in [0.2, 0.25) is 0 Å². The van der Waals surface area contributed by atoms with Gasteiger partial charge in [-0.2, -0.15) is 0 Å². The van der Waals surface area contributed by atoms with Gasteiger partial charge in [0.15, 0.2) is 0 Å². The molecule has 1 N–H and O–H groups in total. The summed E-state index contributed by atoms with van der Waals surface area (Å²) in [7, 11) is 4.00. The van der Waals surface area contributed by atoms with Crippen LogP contribution in [-0.2, 0) is 11.4 Å². The molecule has 2 aromatic carbocycles. The van der Waals surface area contributed by atoms with Crippen LogP contribution in [0, 0.1) is 10.1 Å². The van der Waals surface area contributed by atoms with Crippen LogP contribution < -0.4 is 4.90 Å². The van der Waals surface area contributed by atoms with E-state index in [9.17, 15) is 14.7 Å². The van der Waals surface area contributed by atoms with Gasteiger partial charge in [-0.3, -0.25) is 10.1 Å². The third-order valence-electron chi connectivity index (χ3n) is 5.54. The zero-order chi connectivity index (χ0) is 23.8. The summed E-state index contributed by atoms with van der Waals surface area (Å²) in [6.07, 6.45) is 6.86. The van der Waals surface area contributed by atoms with Gasteiger partial charge >= 0.3 is 5.69 Å². The third-order valence-corrected chi connectivity index (χ3v) is 6.80. The van der Waals surface area contributed by atoms with Crippen LogP contribution in [0.15, 0.2) is 84.3 Å². The maximum atomic E-state index is 13.0. The Balaban J connectivity index is 1.50. The molecule has 0 aliphatic heterocycles. The van der Waals surface area contributed by atoms with E-state index in [1.807, 2.05) is 31.4 Å². The predicted octanol–water partition coefficient (Wildman–Crippen LogP) is 4.64. The molecule has 5 rings (SSSR count). The van der Waals surface area contributed by atoms with Gasteiger partial charge in [-0.1, -0.05) is 28.4 Å². The maximum Gasteiger partial charge on any atom is 0.326 e. The average molecular weight is 473 g/mol. The van der Waals surface area contributed by atoms with Crippen molar-refractivity contribution in [3.63, 3.8) is 0 Å². The minimum atomic E-state index is -1.86. The number of rotatable bonds is 6. The number of nitro groups is 1. The van der Waals surface area contributed by atoms with E-state index in [0.29, 0.717) is 0 Å². The molecule has 0 saturated carbocycles. The zero-order valence-corrected chi connectivity index (χ0v) is 19.2. The van der Waals surface area contributed by atoms with Gasteiger partial charge in [-0.15, -0.1) is 5.10 Å². The zero-order valence-electron chi connectivity index (χ0n) is 18.4. The van der Waals surface area contributed by atoms with E-state index in [2.05, 4.69) is 45.4 Å². The number of hydrogen-bond acceptors (Lipinski definition) is 6. The Hall–Kier alpha value is -4.15. The number of benzene rings is 2. The van der Waals surface area contributed by atoms with Crippen molar-refractivity contribution in [2.45, 2.75) is 4.90 Å². The molecule has 3 aromatic heterocycles. The van der Waals surface area contributed by atoms with E-state index in [4.69, 9.17) is 0 Å². The first-order chi connectivity index (χ1) is 16.4. The fourth-order valence-electron chi connectivity index (χ4n) is 3.74. The van der Waals surface area contributed by atoms with Crippen LogP contribution in [0.25, 0.3) is 33.3 Å². The van der Waals surface area contributed by atoms with E-state index in [1.54, 1.807) is 18.5 Å². The molecular formula is C24H20N6O3S. The van der Waals surface area contributed by atoms with Crippen molar-refractivity contribution >= 4 is 33.8 Å². The van der Waals surface area contributed by atoms with Gasteiger partial charge in [0.1, 0.15) is 17.0 Å². The standard InChI is InChI=1S/C24H20N6O3S/c1-28(2)19-9-7-16(8-10-19)17-11-20-21(14-26-24(20)25-12-17)18-13-27-29(15-18)34(33)23-6-4-3-5-22(23)30(31)32/h3-15H,1-2H3,(H,25,26). The Morgan fingerprint density at radius 1 is 1.03 bits per heavy atom. The number of nitrogens with one attached hydrogen (secondary N) is 1. The van der Waals surface area contributed by atoms with Crippen LogP contribution in [0.2, 0.25) is 0 Å². The van der Waals surface area contributed by atoms with Crippen molar-refractivity contribution in [2.75, 3.05) is 19.0 Å². The summed E-state index contributed by atoms with van der Waals surface area (Å²) in [6, 6.07) is 16.2. The molecule has 0 saturated heterocycles. The first kappa shape index (κ1) is 21.7. The number of pyridine rings is 1. The highest BCUT2D eigenvalue weighted by Gasteiger charge is 2.27. The molecule has 0 amide bonds. The summed E-state index contributed by atoms with van der Waals surface area (Å²) in [5.74, 6) is 0. The number of para-hydroxylation sites is 1. The highest BCUT2D eigenvalue weighted by Crippen LogP contribution is 2.32. The topological polar surface area (TPSA) is 116 Å². The van der Waals surface area contributed by atoms with Gasteiger partial charge in [0, 0.05) is 66.4 Å². The molecule has 5 aromatic rings. The smallest absolute Gasteiger partial charge is 0.326 e. The Bertz CT molecular complexity index is 1490. The van der Waals surface area contributed by atoms with Crippen LogP contribution >= 0.6 is 0 Å². The summed E-state index contributed by atoms with van der Waals surface area (Å²) >= 11 is -1.86. The summed E-state index contributed by atoms with van der Waals surface area (Å²) in [6.45, 7) is 0. The number of aromatic amines is 1. The summed E-state index contributed by atoms with van der Waals surface area (Å²) in [5, 5.41) is 16.4. The molecular weight excluding hydrogens is 452 g/mol. The van der Waals surface area contributed by atoms with Gasteiger partial charge < -0.3 is 14.4 Å². The average Bonchev–Trinajstić information content (AvgIpc) is 3.50. The summed E-state index contributed by atoms with van der Waals surface area (Å²) in [5.41, 5.74) is 5.20. The molecule has 0 fully saturated rings. The van der Waals surface area contributed by atoms with Crippen molar-refractivity contribution in [3.05, 3.63) is 89.5 Å². The van der Waals surface area contributed by atoms with E-state index in [0.717, 1.165) is 39.0 Å². The number of nitrogens with zero attached hydrogens (tertiary/aromatic N) is 5. The highest BCUT2D eigenvalue weighted by atomic mass is 32.2. The molecule has 0 bridgehead atoms. The Kier molecular flexibility index (Phi) is 5.52. The van der Waals surface area contributed by atoms with Gasteiger partial charge in [0.25, 0.3) is 4.90 Å². The lowest BCUT2D eigenvalue weighted by molar-refractivity contribution is -0.387. The highest BCUT2D eigenvalue weighted by molar-refractivity contribution is 7.90. The molecule has 0 spiro atoms. The first-order valence-electron chi connectivity index (χ1n) is 10.4. The van der Waals surface area contributed by atoms with E-state index in [-0.39, 0.29) is 10.6 Å². The lowest BCUT2D eigenvalue weighted by atomic mass is 10.0. The Labute approximate surface area is 198 Å². The largest absolute Gasteiger partial charge is 0.586 e. The van der Waals surface area contributed by atoms with E-state index < -0.39 is 16.3 Å². The van der Waals surface area contributed by atoms with E-state index in [1.165, 1.54) is 22.3 Å². The van der Waals surface area contributed by atoms with E-state index >= 15 is 0 Å². The lowest BCUT2D eigenvalue weighted by Crippen LogP contribution is -2.15. The molecule has 0 radical (unpaired) electrons. The number of aromatic nitrogens is 4. The fourth-order valence-corrected chi connectivity index (χ4v) is 4.80. The fraction of sp³-hybridized carbons (Fsp3) is 0.0833. The number of nitro benzene ring substituents is 1. The van der Waals surface area contributed by atoms with Gasteiger partial charge in [-0.05, 0) is 23.8 Å². The van der Waals surface area contributed by atoms with Crippen LogP contribution in [0.5, 0.6) is 0 Å². The van der Waals surface area contributed by atoms with Crippen LogP contribution in [0.1, 0.15) is 0 Å². The molecule has 0 aliphatic carbocycles. The van der Waals surface area contributed by atoms with Crippen molar-refractivity contribution in [2.24, 2.45) is 0 Å². The van der Waals surface area contributed by atoms with Crippen molar-refractivity contribution in [3.8, 4) is 22.3 Å². The normalized spacial score (nSPS) is 12.1. The minimum absolute atomic E-state index is 0.0891. The lowest BCUT2D eigenvalue weighted by Gasteiger charge is -2.12. The van der Waals surface area contributed by atoms with Crippen molar-refractivity contribution in [1.82, 2.24) is 19.2 Å². The molecule has 3 heterocycles. The van der Waals surface area contributed by atoms with Crippen LogP contribution in [0.4, 0.5) is 11.4 Å². The second-order valence-corrected chi connectivity index (χ2v) is 9.18. The molecule has 9 nitrogen and oxygen atoms in total. The first-order valence-corrected chi connectivity index (χ1v) is 11.5. The Morgan fingerprint density at radius 3 is 2.53 bits per heavy atom. The van der Waals surface area contributed by atoms with Crippen molar-refractivity contribution < 1.29 is 9.48 Å². The number of fused-ring (bicyclic) bond motifs is 1. The number of anilines is 1.